The van der Waals surface area contributed by atoms with E-state index in [0.717, 1.165) is 33.7 Å². The predicted octanol–water partition coefficient (Wildman–Crippen LogP) is 10.7. The molecule has 0 bridgehead atoms. The van der Waals surface area contributed by atoms with Crippen molar-refractivity contribution in [3.8, 4) is 22.5 Å². The first-order chi connectivity index (χ1) is 21.3. The average molecular weight is 787 g/mol. The summed E-state index contributed by atoms with van der Waals surface area (Å²) >= 11 is 0. The first-order valence-electron chi connectivity index (χ1n) is 16.1. The molecule has 3 heterocycles. The summed E-state index contributed by atoms with van der Waals surface area (Å²) in [5.41, 5.74) is 8.60. The first-order valence-corrected chi connectivity index (χ1v) is 19.6. The fourth-order valence-corrected chi connectivity index (χ4v) is 7.79. The van der Waals surface area contributed by atoms with E-state index in [0.29, 0.717) is 11.8 Å². The van der Waals surface area contributed by atoms with Crippen LogP contribution in [-0.4, -0.2) is 18.0 Å². The second kappa shape index (κ2) is 14.4. The summed E-state index contributed by atoms with van der Waals surface area (Å²) in [4.78, 5) is 9.18. The number of benzene rings is 3. The zero-order valence-electron chi connectivity index (χ0n) is 27.0. The number of fused-ring (bicyclic) bond motifs is 3. The summed E-state index contributed by atoms with van der Waals surface area (Å²) in [6.07, 6.45) is 10.6. The van der Waals surface area contributed by atoms with Crippen LogP contribution in [0.5, 0.6) is 0 Å². The van der Waals surface area contributed by atoms with Crippen LogP contribution in [0.25, 0.3) is 44.5 Å². The fourth-order valence-electron chi connectivity index (χ4n) is 6.28. The van der Waals surface area contributed by atoms with Gasteiger partial charge in [0, 0.05) is 46.0 Å². The van der Waals surface area contributed by atoms with Gasteiger partial charge in [0.05, 0.1) is 5.58 Å². The maximum Gasteiger partial charge on any atom is 0.120 e. The van der Waals surface area contributed by atoms with Crippen molar-refractivity contribution in [2.75, 3.05) is 0 Å². The Kier molecular flexibility index (Phi) is 10.5. The van der Waals surface area contributed by atoms with Crippen LogP contribution in [0.1, 0.15) is 68.9 Å². The van der Waals surface area contributed by atoms with Gasteiger partial charge in [-0.3, -0.25) is 0 Å². The molecule has 1 fully saturated rings. The van der Waals surface area contributed by atoms with Gasteiger partial charge in [-0.1, -0.05) is 106 Å². The van der Waals surface area contributed by atoms with E-state index in [1.54, 1.807) is 0 Å². The van der Waals surface area contributed by atoms with Crippen LogP contribution in [0, 0.1) is 12.1 Å². The van der Waals surface area contributed by atoms with Gasteiger partial charge in [-0.15, -0.1) is 53.2 Å². The number of hydrogen-bond acceptors (Lipinski definition) is 3. The number of aromatic nitrogens is 2. The molecule has 0 aliphatic heterocycles. The van der Waals surface area contributed by atoms with Gasteiger partial charge in [0.15, 0.2) is 0 Å². The molecule has 1 aliphatic rings. The standard InChI is InChI=1S/C26H28NOSi.C14H14N.Ir/c1-29(2,3)24-14-13-20(26-25(24)21-11-7-8-12-23(21)28-26)22-17-19(15-16-27-22)18-9-5-4-6-10-18;1-11(2)13-8-9-14(15-10-13)12-6-4-3-5-7-12;/h7-8,11-12,14-18H,4-6,9-10H2,1-3H3;3-6,8-11H,1-2H3;/q2*-1;. The van der Waals surface area contributed by atoms with E-state index in [-0.39, 0.29) is 20.1 Å². The van der Waals surface area contributed by atoms with Crippen molar-refractivity contribution < 1.29 is 24.5 Å². The van der Waals surface area contributed by atoms with E-state index in [9.17, 15) is 0 Å². The summed E-state index contributed by atoms with van der Waals surface area (Å²) in [7, 11) is -1.55. The topological polar surface area (TPSA) is 38.9 Å². The van der Waals surface area contributed by atoms with Gasteiger partial charge in [0.25, 0.3) is 0 Å². The molecule has 1 aliphatic carbocycles. The molecule has 5 heteroatoms. The molecule has 6 aromatic rings. The van der Waals surface area contributed by atoms with Crippen molar-refractivity contribution in [3.05, 3.63) is 115 Å². The Bertz CT molecular complexity index is 1850. The van der Waals surface area contributed by atoms with Gasteiger partial charge in [-0.2, -0.15) is 0 Å². The van der Waals surface area contributed by atoms with Crippen LogP contribution < -0.4 is 5.19 Å². The molecular formula is C40H42IrN2OSi-2. The molecular weight excluding hydrogens is 745 g/mol. The van der Waals surface area contributed by atoms with Gasteiger partial charge >= 0.3 is 0 Å². The van der Waals surface area contributed by atoms with Crippen molar-refractivity contribution in [1.29, 1.82) is 0 Å². The number of pyridine rings is 2. The van der Waals surface area contributed by atoms with E-state index in [2.05, 4.69) is 99.1 Å². The number of hydrogen-bond donors (Lipinski definition) is 0. The summed E-state index contributed by atoms with van der Waals surface area (Å²) in [5.74, 6) is 1.20. The van der Waals surface area contributed by atoms with Gasteiger partial charge in [0.1, 0.15) is 5.58 Å². The molecule has 1 saturated carbocycles. The van der Waals surface area contributed by atoms with Gasteiger partial charge < -0.3 is 14.4 Å². The first kappa shape index (κ1) is 33.0. The molecule has 0 unspecified atom stereocenters. The number of nitrogens with zero attached hydrogens (tertiary/aromatic N) is 2. The Morgan fingerprint density at radius 1 is 0.844 bits per heavy atom. The summed E-state index contributed by atoms with van der Waals surface area (Å²) in [6, 6.07) is 33.9. The van der Waals surface area contributed by atoms with Crippen LogP contribution in [0.15, 0.2) is 95.7 Å². The van der Waals surface area contributed by atoms with Crippen molar-refractivity contribution in [2.45, 2.75) is 77.4 Å². The Morgan fingerprint density at radius 2 is 1.62 bits per heavy atom. The van der Waals surface area contributed by atoms with E-state index >= 15 is 0 Å². The molecule has 3 aromatic carbocycles. The maximum absolute atomic E-state index is 6.41. The molecule has 233 valence electrons. The molecule has 0 amide bonds. The third-order valence-corrected chi connectivity index (χ3v) is 10.8. The average Bonchev–Trinajstić information content (AvgIpc) is 3.45. The Morgan fingerprint density at radius 3 is 2.31 bits per heavy atom. The minimum atomic E-state index is -1.55. The number of para-hydroxylation sites is 1. The van der Waals surface area contributed by atoms with Crippen LogP contribution >= 0.6 is 0 Å². The van der Waals surface area contributed by atoms with Crippen LogP contribution in [0.4, 0.5) is 0 Å². The monoisotopic (exact) mass is 787 g/mol. The molecule has 0 spiro atoms. The molecule has 0 atom stereocenters. The van der Waals surface area contributed by atoms with Crippen molar-refractivity contribution in [1.82, 2.24) is 9.97 Å². The number of furan rings is 1. The van der Waals surface area contributed by atoms with Crippen LogP contribution in [0.3, 0.4) is 0 Å². The quantitative estimate of drug-likeness (QED) is 0.129. The SMILES string of the molecule is CC(C)c1ccc(-c2[c-]cccc2)nc1.C[Si](C)(C)c1c[c-]c(-c2cc(C3CCCCC3)ccn2)c2oc3ccccc3c12.[Ir]. The third kappa shape index (κ3) is 7.38. The van der Waals surface area contributed by atoms with Gasteiger partial charge in [0.2, 0.25) is 0 Å². The zero-order valence-corrected chi connectivity index (χ0v) is 30.4. The molecule has 0 saturated heterocycles. The second-order valence-electron chi connectivity index (χ2n) is 13.3. The molecule has 7 rings (SSSR count). The summed E-state index contributed by atoms with van der Waals surface area (Å²) < 4.78 is 6.41. The van der Waals surface area contributed by atoms with Crippen LogP contribution in [-0.2, 0) is 20.1 Å². The summed E-state index contributed by atoms with van der Waals surface area (Å²) in [6.45, 7) is 11.5. The molecule has 0 N–H and O–H groups in total. The molecule has 1 radical (unpaired) electrons. The van der Waals surface area contributed by atoms with Crippen molar-refractivity contribution in [3.63, 3.8) is 0 Å². The number of rotatable bonds is 5. The smallest absolute Gasteiger partial charge is 0.120 e. The Labute approximate surface area is 282 Å². The minimum Gasteiger partial charge on any atom is -0.501 e. The Hall–Kier alpha value is -3.37. The van der Waals surface area contributed by atoms with Crippen molar-refractivity contribution in [2.24, 2.45) is 0 Å². The van der Waals surface area contributed by atoms with E-state index in [1.165, 1.54) is 59.2 Å². The second-order valence-corrected chi connectivity index (χ2v) is 18.4. The Balaban J connectivity index is 0.000000212. The van der Waals surface area contributed by atoms with E-state index < -0.39 is 8.07 Å². The van der Waals surface area contributed by atoms with E-state index in [1.807, 2.05) is 42.7 Å². The largest absolute Gasteiger partial charge is 0.501 e. The summed E-state index contributed by atoms with van der Waals surface area (Å²) in [5, 5.41) is 3.88. The normalized spacial score (nSPS) is 13.8. The van der Waals surface area contributed by atoms with Gasteiger partial charge in [-0.05, 0) is 53.8 Å². The van der Waals surface area contributed by atoms with Crippen molar-refractivity contribution >= 4 is 35.2 Å². The predicted molar refractivity (Wildman–Crippen MR) is 187 cm³/mol. The molecule has 3 nitrogen and oxygen atoms in total. The third-order valence-electron chi connectivity index (χ3n) is 8.82. The minimum absolute atomic E-state index is 0. The maximum atomic E-state index is 6.41. The fraction of sp³-hybridized carbons (Fsp3) is 0.300. The zero-order chi connectivity index (χ0) is 30.7. The molecule has 3 aromatic heterocycles. The van der Waals surface area contributed by atoms with Gasteiger partial charge in [-0.25, -0.2) is 0 Å². The van der Waals surface area contributed by atoms with E-state index in [4.69, 9.17) is 9.40 Å². The van der Waals surface area contributed by atoms with Crippen LogP contribution in [0.2, 0.25) is 19.6 Å². The molecule has 45 heavy (non-hydrogen) atoms.